The van der Waals surface area contributed by atoms with Gasteiger partial charge in [-0.05, 0) is 6.92 Å². The topological polar surface area (TPSA) is 81.4 Å². The van der Waals surface area contributed by atoms with Crippen molar-refractivity contribution in [1.82, 2.24) is 5.32 Å². The van der Waals surface area contributed by atoms with Crippen molar-refractivity contribution < 1.29 is 14.3 Å². The Morgan fingerprint density at radius 1 is 1.77 bits per heavy atom. The van der Waals surface area contributed by atoms with E-state index in [0.29, 0.717) is 6.61 Å². The van der Waals surface area contributed by atoms with Gasteiger partial charge in [0.15, 0.2) is 0 Å². The second kappa shape index (κ2) is 4.23. The Bertz CT molecular complexity index is 217. The molecule has 3 N–H and O–H groups in total. The number of hydrogen-bond acceptors (Lipinski definition) is 4. The molecular weight excluding hydrogens is 172 g/mol. The van der Waals surface area contributed by atoms with Crippen LogP contribution in [0.5, 0.6) is 0 Å². The van der Waals surface area contributed by atoms with Crippen LogP contribution in [0.25, 0.3) is 0 Å². The maximum absolute atomic E-state index is 11.0. The molecule has 1 aliphatic rings. The van der Waals surface area contributed by atoms with Gasteiger partial charge in [0.25, 0.3) is 0 Å². The molecule has 5 heteroatoms. The SMILES string of the molecule is C[C@H]1COC(=O)CC(CC(N)=O)N1. The number of primary amides is 1. The molecule has 74 valence electrons. The van der Waals surface area contributed by atoms with E-state index in [1.165, 1.54) is 0 Å². The maximum atomic E-state index is 11.0. The predicted molar refractivity (Wildman–Crippen MR) is 45.8 cm³/mol. The Morgan fingerprint density at radius 3 is 3.08 bits per heavy atom. The van der Waals surface area contributed by atoms with Crippen molar-refractivity contribution in [3.63, 3.8) is 0 Å². The molecule has 2 atom stereocenters. The van der Waals surface area contributed by atoms with Gasteiger partial charge in [-0.1, -0.05) is 0 Å². The molecule has 13 heavy (non-hydrogen) atoms. The second-order valence-electron chi connectivity index (χ2n) is 3.32. The largest absolute Gasteiger partial charge is 0.464 e. The minimum absolute atomic E-state index is 0.0794. The molecule has 1 aliphatic heterocycles. The fraction of sp³-hybridized carbons (Fsp3) is 0.750. The summed E-state index contributed by atoms with van der Waals surface area (Å²) in [5, 5.41) is 3.09. The molecule has 0 radical (unpaired) electrons. The van der Waals surface area contributed by atoms with Crippen molar-refractivity contribution in [1.29, 1.82) is 0 Å². The van der Waals surface area contributed by atoms with E-state index >= 15 is 0 Å². The van der Waals surface area contributed by atoms with Crippen LogP contribution in [0.4, 0.5) is 0 Å². The van der Waals surface area contributed by atoms with Gasteiger partial charge in [-0.3, -0.25) is 9.59 Å². The molecule has 1 saturated heterocycles. The number of esters is 1. The van der Waals surface area contributed by atoms with Crippen LogP contribution in [0.2, 0.25) is 0 Å². The van der Waals surface area contributed by atoms with Crippen LogP contribution in [0.15, 0.2) is 0 Å². The highest BCUT2D eigenvalue weighted by molar-refractivity contribution is 5.76. The molecule has 5 nitrogen and oxygen atoms in total. The lowest BCUT2D eigenvalue weighted by molar-refractivity contribution is -0.143. The Kier molecular flexibility index (Phi) is 3.25. The van der Waals surface area contributed by atoms with Crippen molar-refractivity contribution in [3.8, 4) is 0 Å². The van der Waals surface area contributed by atoms with Crippen molar-refractivity contribution >= 4 is 11.9 Å². The fourth-order valence-corrected chi connectivity index (χ4v) is 1.36. The summed E-state index contributed by atoms with van der Waals surface area (Å²) in [5.74, 6) is -0.678. The molecule has 0 aliphatic carbocycles. The van der Waals surface area contributed by atoms with Gasteiger partial charge in [0, 0.05) is 18.5 Å². The van der Waals surface area contributed by atoms with Crippen LogP contribution in [0, 0.1) is 0 Å². The quantitative estimate of drug-likeness (QED) is 0.551. The van der Waals surface area contributed by atoms with Gasteiger partial charge >= 0.3 is 5.97 Å². The van der Waals surface area contributed by atoms with Gasteiger partial charge in [0.1, 0.15) is 6.61 Å². The summed E-state index contributed by atoms with van der Waals surface area (Å²) in [7, 11) is 0. The van der Waals surface area contributed by atoms with Gasteiger partial charge in [-0.2, -0.15) is 0 Å². The molecule has 1 rings (SSSR count). The first-order chi connectivity index (χ1) is 6.08. The summed E-state index contributed by atoms with van der Waals surface area (Å²) in [6.07, 6.45) is 0.396. The van der Waals surface area contributed by atoms with Crippen LogP contribution >= 0.6 is 0 Å². The molecule has 1 heterocycles. The monoisotopic (exact) mass is 186 g/mol. The van der Waals surface area contributed by atoms with Crippen molar-refractivity contribution in [2.24, 2.45) is 5.73 Å². The maximum Gasteiger partial charge on any atom is 0.307 e. The van der Waals surface area contributed by atoms with Gasteiger partial charge in [-0.25, -0.2) is 0 Å². The van der Waals surface area contributed by atoms with E-state index < -0.39 is 5.91 Å². The summed E-state index contributed by atoms with van der Waals surface area (Å²) in [6, 6.07) is -0.0988. The zero-order valence-corrected chi connectivity index (χ0v) is 7.58. The van der Waals surface area contributed by atoms with E-state index in [1.54, 1.807) is 0 Å². The van der Waals surface area contributed by atoms with Gasteiger partial charge in [-0.15, -0.1) is 0 Å². The summed E-state index contributed by atoms with van der Waals surface area (Å²) in [4.78, 5) is 21.6. The van der Waals surface area contributed by atoms with Gasteiger partial charge in [0.05, 0.1) is 6.42 Å². The summed E-state index contributed by atoms with van der Waals surface area (Å²) >= 11 is 0. The standard InChI is InChI=1S/C8H14N2O3/c1-5-4-13-8(12)3-6(10-5)2-7(9)11/h5-6,10H,2-4H2,1H3,(H2,9,11)/t5-,6?/m0/s1. The number of cyclic esters (lactones) is 1. The highest BCUT2D eigenvalue weighted by atomic mass is 16.5. The number of rotatable bonds is 2. The Balaban J connectivity index is 2.51. The molecule has 0 aromatic carbocycles. The minimum atomic E-state index is -0.403. The van der Waals surface area contributed by atoms with Gasteiger partial charge in [0.2, 0.25) is 5.91 Å². The molecular formula is C8H14N2O3. The Morgan fingerprint density at radius 2 is 2.46 bits per heavy atom. The highest BCUT2D eigenvalue weighted by Crippen LogP contribution is 2.06. The average molecular weight is 186 g/mol. The van der Waals surface area contributed by atoms with E-state index in [4.69, 9.17) is 10.5 Å². The van der Waals surface area contributed by atoms with E-state index in [1.807, 2.05) is 6.92 Å². The lowest BCUT2D eigenvalue weighted by Gasteiger charge is -2.15. The van der Waals surface area contributed by atoms with E-state index in [0.717, 1.165) is 0 Å². The summed E-state index contributed by atoms with van der Waals surface area (Å²) in [6.45, 7) is 2.25. The molecule has 0 bridgehead atoms. The number of hydrogen-bond donors (Lipinski definition) is 2. The average Bonchev–Trinajstić information content (AvgIpc) is 2.11. The molecule has 1 unspecified atom stereocenters. The highest BCUT2D eigenvalue weighted by Gasteiger charge is 2.23. The number of ether oxygens (including phenoxy) is 1. The third kappa shape index (κ3) is 3.42. The predicted octanol–water partition coefficient (Wildman–Crippen LogP) is -0.845. The van der Waals surface area contributed by atoms with E-state index in [2.05, 4.69) is 5.32 Å². The van der Waals surface area contributed by atoms with Crippen LogP contribution < -0.4 is 11.1 Å². The molecule has 1 amide bonds. The number of carbonyl (C=O) groups excluding carboxylic acids is 2. The first-order valence-electron chi connectivity index (χ1n) is 4.28. The Labute approximate surface area is 76.6 Å². The van der Waals surface area contributed by atoms with Crippen molar-refractivity contribution in [2.75, 3.05) is 6.61 Å². The lowest BCUT2D eigenvalue weighted by atomic mass is 10.1. The van der Waals surface area contributed by atoms with Crippen LogP contribution in [-0.4, -0.2) is 30.6 Å². The molecule has 0 spiro atoms. The Hall–Kier alpha value is -1.10. The number of amides is 1. The van der Waals surface area contributed by atoms with Gasteiger partial charge < -0.3 is 15.8 Å². The minimum Gasteiger partial charge on any atom is -0.464 e. The van der Waals surface area contributed by atoms with E-state index in [9.17, 15) is 9.59 Å². The van der Waals surface area contributed by atoms with E-state index in [-0.39, 0.29) is 30.9 Å². The zero-order valence-electron chi connectivity index (χ0n) is 7.58. The number of nitrogens with one attached hydrogen (secondary N) is 1. The lowest BCUT2D eigenvalue weighted by Crippen LogP contribution is -2.39. The van der Waals surface area contributed by atoms with Crippen LogP contribution in [0.3, 0.4) is 0 Å². The van der Waals surface area contributed by atoms with Crippen LogP contribution in [0.1, 0.15) is 19.8 Å². The molecule has 0 saturated carbocycles. The molecule has 0 aromatic rings. The first-order valence-corrected chi connectivity index (χ1v) is 4.28. The number of carbonyl (C=O) groups is 2. The summed E-state index contributed by atoms with van der Waals surface area (Å²) in [5.41, 5.74) is 5.03. The smallest absolute Gasteiger partial charge is 0.307 e. The fourth-order valence-electron chi connectivity index (χ4n) is 1.36. The third-order valence-corrected chi connectivity index (χ3v) is 1.88. The normalized spacial score (nSPS) is 29.2. The zero-order chi connectivity index (χ0) is 9.84. The van der Waals surface area contributed by atoms with Crippen molar-refractivity contribution in [3.05, 3.63) is 0 Å². The second-order valence-corrected chi connectivity index (χ2v) is 3.32. The molecule has 1 fully saturated rings. The first kappa shape index (κ1) is 9.98. The van der Waals surface area contributed by atoms with Crippen molar-refractivity contribution in [2.45, 2.75) is 31.8 Å². The third-order valence-electron chi connectivity index (χ3n) is 1.88. The summed E-state index contributed by atoms with van der Waals surface area (Å²) < 4.78 is 4.87. The molecule has 0 aromatic heterocycles. The van der Waals surface area contributed by atoms with Crippen LogP contribution in [-0.2, 0) is 14.3 Å². The number of nitrogens with two attached hydrogens (primary N) is 1.